The Balaban J connectivity index is 1.57. The molecule has 0 N–H and O–H groups in total. The average Bonchev–Trinajstić information content (AvgIpc) is 3.32. The van der Waals surface area contributed by atoms with Gasteiger partial charge in [-0.1, -0.05) is 71.0 Å². The fourth-order valence-electron chi connectivity index (χ4n) is 3.72. The zero-order valence-electron chi connectivity index (χ0n) is 13.0. The number of nitrogens with zero attached hydrogens (tertiary/aromatic N) is 2. The minimum atomic E-state index is -3.61. The molecule has 0 radical (unpaired) electrons. The highest BCUT2D eigenvalue weighted by atomic mass is 32.2. The van der Waals surface area contributed by atoms with Crippen LogP contribution in [-0.4, -0.2) is 42.5 Å². The smallest absolute Gasteiger partial charge is 0.191 e. The maximum atomic E-state index is 13.3. The summed E-state index contributed by atoms with van der Waals surface area (Å²) < 4.78 is 26.6. The normalized spacial score (nSPS) is 31.4. The fraction of sp³-hybridized carbons (Fsp3) is 0.222. The van der Waals surface area contributed by atoms with Crippen LogP contribution in [0.25, 0.3) is 0 Å². The molecule has 7 heteroatoms. The third-order valence-electron chi connectivity index (χ3n) is 4.85. The first-order valence-electron chi connectivity index (χ1n) is 7.99. The van der Waals surface area contributed by atoms with E-state index in [1.54, 1.807) is 0 Å². The highest BCUT2D eigenvalue weighted by Crippen LogP contribution is 2.42. The molecule has 0 bridgehead atoms. The van der Waals surface area contributed by atoms with Gasteiger partial charge in [0.15, 0.2) is 32.5 Å². The lowest BCUT2D eigenvalue weighted by molar-refractivity contribution is -0.0332. The van der Waals surface area contributed by atoms with Crippen LogP contribution in [0.2, 0.25) is 0 Å². The average molecular weight is 354 g/mol. The molecule has 0 aliphatic carbocycles. The van der Waals surface area contributed by atoms with E-state index in [9.17, 15) is 8.42 Å². The van der Waals surface area contributed by atoms with Gasteiger partial charge in [-0.3, -0.25) is 0 Å². The van der Waals surface area contributed by atoms with Crippen molar-refractivity contribution in [3.05, 3.63) is 71.8 Å². The van der Waals surface area contributed by atoms with Crippen molar-refractivity contribution in [2.75, 3.05) is 0 Å². The first-order valence-corrected chi connectivity index (χ1v) is 9.60. The molecule has 126 valence electrons. The molecule has 2 aromatic carbocycles. The summed E-state index contributed by atoms with van der Waals surface area (Å²) in [6.07, 6.45) is -1.34. The molecule has 3 aliphatic rings. The van der Waals surface area contributed by atoms with Gasteiger partial charge < -0.3 is 9.68 Å². The van der Waals surface area contributed by atoms with Gasteiger partial charge in [-0.2, -0.15) is 0 Å². The van der Waals surface area contributed by atoms with Crippen molar-refractivity contribution in [2.24, 2.45) is 10.3 Å². The second-order valence-electron chi connectivity index (χ2n) is 6.26. The van der Waals surface area contributed by atoms with E-state index in [-0.39, 0.29) is 0 Å². The van der Waals surface area contributed by atoms with Gasteiger partial charge in [-0.05, 0) is 0 Å². The molecule has 5 rings (SSSR count). The van der Waals surface area contributed by atoms with Crippen LogP contribution in [0.15, 0.2) is 71.0 Å². The molecule has 1 fully saturated rings. The molecule has 2 aromatic rings. The molecule has 0 spiro atoms. The molecule has 4 atom stereocenters. The van der Waals surface area contributed by atoms with Gasteiger partial charge in [0.05, 0.1) is 0 Å². The lowest BCUT2D eigenvalue weighted by Crippen LogP contribution is -2.35. The predicted molar refractivity (Wildman–Crippen MR) is 92.2 cm³/mol. The standard InChI is InChI=1S/C18H14N2O4S/c21-25(22)17-13(11-7-3-1-4-8-11)19-23-15(17)16-18(25)14(20-24-16)12-9-5-2-6-10-12/h1-10,15-18H/t15-,16+,17-,18-/m1/s1. The predicted octanol–water partition coefficient (Wildman–Crippen LogP) is 1.76. The minimum Gasteiger partial charge on any atom is -0.386 e. The van der Waals surface area contributed by atoms with Gasteiger partial charge >= 0.3 is 0 Å². The highest BCUT2D eigenvalue weighted by molar-refractivity contribution is 7.94. The van der Waals surface area contributed by atoms with Crippen LogP contribution in [0, 0.1) is 0 Å². The van der Waals surface area contributed by atoms with Gasteiger partial charge in [-0.15, -0.1) is 0 Å². The van der Waals surface area contributed by atoms with E-state index in [1.807, 2.05) is 60.7 Å². The number of hydrogen-bond donors (Lipinski definition) is 0. The Morgan fingerprint density at radius 2 is 1.08 bits per heavy atom. The van der Waals surface area contributed by atoms with Gasteiger partial charge in [-0.25, -0.2) is 8.42 Å². The SMILES string of the molecule is O=S1(=O)[C@@H]2C(c3ccccc3)=NO[C@@H]2[C@@H]2ON=C(c3ccccc3)[C@H]21. The van der Waals surface area contributed by atoms with Crippen LogP contribution in [0.4, 0.5) is 0 Å². The van der Waals surface area contributed by atoms with Crippen LogP contribution in [0.1, 0.15) is 11.1 Å². The van der Waals surface area contributed by atoms with Crippen molar-refractivity contribution in [1.29, 1.82) is 0 Å². The maximum Gasteiger partial charge on any atom is 0.191 e. The van der Waals surface area contributed by atoms with E-state index in [1.165, 1.54) is 0 Å². The second-order valence-corrected chi connectivity index (χ2v) is 8.45. The van der Waals surface area contributed by atoms with Gasteiger partial charge in [0.1, 0.15) is 11.4 Å². The summed E-state index contributed by atoms with van der Waals surface area (Å²) >= 11 is 0. The number of sulfone groups is 1. The molecule has 0 unspecified atom stereocenters. The fourth-order valence-corrected chi connectivity index (χ4v) is 6.17. The zero-order valence-corrected chi connectivity index (χ0v) is 13.8. The Hall–Kier alpha value is -2.67. The molecule has 3 heterocycles. The first-order chi connectivity index (χ1) is 12.2. The summed E-state index contributed by atoms with van der Waals surface area (Å²) in [5.74, 6) is 0. The third kappa shape index (κ3) is 1.99. The largest absolute Gasteiger partial charge is 0.386 e. The van der Waals surface area contributed by atoms with E-state index < -0.39 is 32.5 Å². The van der Waals surface area contributed by atoms with E-state index in [4.69, 9.17) is 9.68 Å². The van der Waals surface area contributed by atoms with E-state index in [0.717, 1.165) is 11.1 Å². The molecule has 25 heavy (non-hydrogen) atoms. The molecule has 6 nitrogen and oxygen atoms in total. The summed E-state index contributed by atoms with van der Waals surface area (Å²) in [6, 6.07) is 18.5. The first kappa shape index (κ1) is 14.7. The van der Waals surface area contributed by atoms with Crippen LogP contribution < -0.4 is 0 Å². The van der Waals surface area contributed by atoms with Crippen molar-refractivity contribution >= 4 is 21.3 Å². The molecular formula is C18H14N2O4S. The van der Waals surface area contributed by atoms with Crippen LogP contribution in [0.5, 0.6) is 0 Å². The molecule has 0 amide bonds. The summed E-state index contributed by atoms with van der Waals surface area (Å²) in [5, 5.41) is 6.43. The van der Waals surface area contributed by atoms with Crippen LogP contribution >= 0.6 is 0 Å². The summed E-state index contributed by atoms with van der Waals surface area (Å²) in [4.78, 5) is 11.0. The summed E-state index contributed by atoms with van der Waals surface area (Å²) in [6.45, 7) is 0. The molecular weight excluding hydrogens is 340 g/mol. The molecule has 1 saturated heterocycles. The Kier molecular flexibility index (Phi) is 3.03. The number of hydrogen-bond acceptors (Lipinski definition) is 6. The van der Waals surface area contributed by atoms with E-state index in [0.29, 0.717) is 11.4 Å². The van der Waals surface area contributed by atoms with Crippen molar-refractivity contribution in [1.82, 2.24) is 0 Å². The Bertz CT molecular complexity index is 911. The number of oxime groups is 2. The maximum absolute atomic E-state index is 13.3. The Labute approximate surface area is 144 Å². The monoisotopic (exact) mass is 354 g/mol. The molecule has 0 aromatic heterocycles. The second kappa shape index (κ2) is 5.16. The van der Waals surface area contributed by atoms with Gasteiger partial charge in [0, 0.05) is 11.1 Å². The van der Waals surface area contributed by atoms with Crippen molar-refractivity contribution < 1.29 is 18.1 Å². The molecule has 0 saturated carbocycles. The third-order valence-corrected chi connectivity index (χ3v) is 7.25. The lowest BCUT2D eigenvalue weighted by atomic mass is 9.98. The Morgan fingerprint density at radius 1 is 0.680 bits per heavy atom. The van der Waals surface area contributed by atoms with Crippen molar-refractivity contribution in [3.63, 3.8) is 0 Å². The number of rotatable bonds is 2. The topological polar surface area (TPSA) is 77.3 Å². The summed E-state index contributed by atoms with van der Waals surface area (Å²) in [7, 11) is -3.61. The molecule has 3 aliphatic heterocycles. The number of fused-ring (bicyclic) bond motifs is 3. The lowest BCUT2D eigenvalue weighted by Gasteiger charge is -2.12. The number of benzene rings is 2. The van der Waals surface area contributed by atoms with Crippen molar-refractivity contribution in [3.8, 4) is 0 Å². The Morgan fingerprint density at radius 3 is 1.48 bits per heavy atom. The van der Waals surface area contributed by atoms with Crippen LogP contribution in [-0.2, 0) is 19.5 Å². The highest BCUT2D eigenvalue weighted by Gasteiger charge is 2.66. The minimum absolute atomic E-state index is 0.441. The van der Waals surface area contributed by atoms with Crippen LogP contribution in [0.3, 0.4) is 0 Å². The van der Waals surface area contributed by atoms with Gasteiger partial charge in [0.25, 0.3) is 0 Å². The van der Waals surface area contributed by atoms with Crippen molar-refractivity contribution in [2.45, 2.75) is 22.7 Å². The van der Waals surface area contributed by atoms with E-state index >= 15 is 0 Å². The quantitative estimate of drug-likeness (QED) is 0.823. The van der Waals surface area contributed by atoms with E-state index in [2.05, 4.69) is 10.3 Å². The zero-order chi connectivity index (χ0) is 17.0. The van der Waals surface area contributed by atoms with Gasteiger partial charge in [0.2, 0.25) is 0 Å². The summed E-state index contributed by atoms with van der Waals surface area (Å²) in [5.41, 5.74) is 2.38.